The monoisotopic (exact) mass is 290 g/mol. The molecule has 1 aromatic carbocycles. The summed E-state index contributed by atoms with van der Waals surface area (Å²) in [6.07, 6.45) is 3.16. The highest BCUT2D eigenvalue weighted by molar-refractivity contribution is 5.92. The number of carbonyl (C=O) groups is 2. The minimum absolute atomic E-state index is 0.0784. The maximum atomic E-state index is 12.1. The number of carboxylic acid groups (broad SMARTS) is 1. The number of aliphatic carboxylic acids is 1. The molecule has 0 aliphatic heterocycles. The number of hydrogen-bond acceptors (Lipinski definition) is 3. The Labute approximate surface area is 125 Å². The normalized spacial score (nSPS) is 14.2. The summed E-state index contributed by atoms with van der Waals surface area (Å²) in [4.78, 5) is 24.7. The first-order valence-corrected chi connectivity index (χ1v) is 7.43. The van der Waals surface area contributed by atoms with Gasteiger partial charge in [-0.1, -0.05) is 19.1 Å². The fourth-order valence-corrected chi connectivity index (χ4v) is 2.28. The van der Waals surface area contributed by atoms with Crippen LogP contribution in [0, 0.1) is 0 Å². The molecule has 114 valence electrons. The number of aryl methyl sites for hydroxylation is 1. The van der Waals surface area contributed by atoms with Crippen LogP contribution in [0.5, 0.6) is 0 Å². The minimum Gasteiger partial charge on any atom is -0.481 e. The Bertz CT molecular complexity index is 495. The molecule has 0 spiro atoms. The van der Waals surface area contributed by atoms with Crippen LogP contribution in [0.1, 0.15) is 31.7 Å². The first kappa shape index (κ1) is 15.5. The average molecular weight is 290 g/mol. The second-order valence-electron chi connectivity index (χ2n) is 5.44. The maximum absolute atomic E-state index is 12.1. The lowest BCUT2D eigenvalue weighted by Crippen LogP contribution is -2.36. The first-order valence-electron chi connectivity index (χ1n) is 7.43. The third-order valence-electron chi connectivity index (χ3n) is 3.67. The fourth-order valence-electron chi connectivity index (χ4n) is 2.28. The van der Waals surface area contributed by atoms with Crippen LogP contribution < -0.4 is 5.32 Å². The molecule has 0 bridgehead atoms. The zero-order valence-electron chi connectivity index (χ0n) is 12.3. The minimum atomic E-state index is -0.823. The van der Waals surface area contributed by atoms with Crippen molar-refractivity contribution in [3.63, 3.8) is 0 Å². The summed E-state index contributed by atoms with van der Waals surface area (Å²) >= 11 is 0. The Kier molecular flexibility index (Phi) is 5.33. The summed E-state index contributed by atoms with van der Waals surface area (Å²) in [5.41, 5.74) is 2.01. The summed E-state index contributed by atoms with van der Waals surface area (Å²) in [6, 6.07) is 8.17. The van der Waals surface area contributed by atoms with E-state index < -0.39 is 5.97 Å². The molecule has 0 aromatic heterocycles. The van der Waals surface area contributed by atoms with E-state index in [4.69, 9.17) is 5.11 Å². The second-order valence-corrected chi connectivity index (χ2v) is 5.44. The number of benzene rings is 1. The van der Waals surface area contributed by atoms with Crippen LogP contribution >= 0.6 is 0 Å². The van der Waals surface area contributed by atoms with Gasteiger partial charge in [0.1, 0.15) is 0 Å². The van der Waals surface area contributed by atoms with E-state index in [1.165, 1.54) is 5.56 Å². The lowest BCUT2D eigenvalue weighted by Gasteiger charge is -2.20. The Morgan fingerprint density at radius 2 is 1.95 bits per heavy atom. The van der Waals surface area contributed by atoms with Crippen molar-refractivity contribution in [2.45, 2.75) is 38.6 Å². The predicted octanol–water partition coefficient (Wildman–Crippen LogP) is 2.13. The van der Waals surface area contributed by atoms with Crippen LogP contribution in [0.15, 0.2) is 24.3 Å². The highest BCUT2D eigenvalue weighted by Crippen LogP contribution is 2.26. The van der Waals surface area contributed by atoms with Crippen LogP contribution in [0.25, 0.3) is 0 Å². The number of carbonyl (C=O) groups excluding carboxylic acids is 1. The van der Waals surface area contributed by atoms with E-state index in [-0.39, 0.29) is 18.9 Å². The van der Waals surface area contributed by atoms with E-state index in [9.17, 15) is 9.59 Å². The van der Waals surface area contributed by atoms with Crippen molar-refractivity contribution in [2.24, 2.45) is 0 Å². The molecule has 21 heavy (non-hydrogen) atoms. The highest BCUT2D eigenvalue weighted by Gasteiger charge is 2.30. The number of amides is 1. The Morgan fingerprint density at radius 3 is 2.48 bits per heavy atom. The predicted molar refractivity (Wildman–Crippen MR) is 81.3 cm³/mol. The number of carboxylic acids is 1. The van der Waals surface area contributed by atoms with Crippen molar-refractivity contribution >= 4 is 17.6 Å². The maximum Gasteiger partial charge on any atom is 0.304 e. The number of nitrogens with one attached hydrogen (secondary N) is 1. The molecule has 2 rings (SSSR count). The molecule has 5 nitrogen and oxygen atoms in total. The molecular formula is C16H22N2O3. The van der Waals surface area contributed by atoms with E-state index in [2.05, 4.69) is 12.2 Å². The van der Waals surface area contributed by atoms with Crippen molar-refractivity contribution in [1.82, 2.24) is 4.90 Å². The molecule has 1 aliphatic carbocycles. The fraction of sp³-hybridized carbons (Fsp3) is 0.500. The van der Waals surface area contributed by atoms with Gasteiger partial charge in [-0.2, -0.15) is 0 Å². The second kappa shape index (κ2) is 7.22. The molecule has 1 fully saturated rings. The van der Waals surface area contributed by atoms with Gasteiger partial charge in [-0.05, 0) is 37.0 Å². The molecule has 0 unspecified atom stereocenters. The Balaban J connectivity index is 1.84. The summed E-state index contributed by atoms with van der Waals surface area (Å²) in [5, 5.41) is 11.6. The van der Waals surface area contributed by atoms with Gasteiger partial charge in [0.15, 0.2) is 0 Å². The molecule has 1 aliphatic rings. The number of nitrogens with zero attached hydrogens (tertiary/aromatic N) is 1. The van der Waals surface area contributed by atoms with Gasteiger partial charge >= 0.3 is 5.97 Å². The van der Waals surface area contributed by atoms with Gasteiger partial charge in [0.25, 0.3) is 0 Å². The molecule has 0 radical (unpaired) electrons. The van der Waals surface area contributed by atoms with Gasteiger partial charge in [-0.15, -0.1) is 0 Å². The van der Waals surface area contributed by atoms with Crippen LogP contribution in [0.3, 0.4) is 0 Å². The van der Waals surface area contributed by atoms with Crippen LogP contribution in [-0.4, -0.2) is 41.0 Å². The van der Waals surface area contributed by atoms with Crippen molar-refractivity contribution in [3.8, 4) is 0 Å². The number of rotatable bonds is 8. The number of anilines is 1. The lowest BCUT2D eigenvalue weighted by atomic mass is 10.1. The van der Waals surface area contributed by atoms with Crippen molar-refractivity contribution in [2.75, 3.05) is 18.4 Å². The van der Waals surface area contributed by atoms with Crippen molar-refractivity contribution in [1.29, 1.82) is 0 Å². The van der Waals surface area contributed by atoms with E-state index in [0.717, 1.165) is 24.9 Å². The Morgan fingerprint density at radius 1 is 1.29 bits per heavy atom. The topological polar surface area (TPSA) is 69.6 Å². The van der Waals surface area contributed by atoms with Gasteiger partial charge in [0.05, 0.1) is 13.0 Å². The van der Waals surface area contributed by atoms with Crippen molar-refractivity contribution < 1.29 is 14.7 Å². The van der Waals surface area contributed by atoms with Crippen LogP contribution in [0.4, 0.5) is 5.69 Å². The molecule has 0 atom stereocenters. The SMILES string of the molecule is CCc1ccc(NC(=O)CN(CCC(=O)O)C2CC2)cc1. The molecule has 1 amide bonds. The molecule has 2 N–H and O–H groups in total. The largest absolute Gasteiger partial charge is 0.481 e. The molecule has 5 heteroatoms. The summed E-state index contributed by atoms with van der Waals surface area (Å²) in [7, 11) is 0. The highest BCUT2D eigenvalue weighted by atomic mass is 16.4. The summed E-state index contributed by atoms with van der Waals surface area (Å²) < 4.78 is 0. The molecule has 1 aromatic rings. The van der Waals surface area contributed by atoms with E-state index >= 15 is 0 Å². The molecule has 0 heterocycles. The van der Waals surface area contributed by atoms with Gasteiger partial charge in [0.2, 0.25) is 5.91 Å². The Hall–Kier alpha value is -1.88. The van der Waals surface area contributed by atoms with Gasteiger partial charge in [-0.25, -0.2) is 0 Å². The third-order valence-corrected chi connectivity index (χ3v) is 3.67. The standard InChI is InChI=1S/C16H22N2O3/c1-2-12-3-5-13(6-4-12)17-15(19)11-18(14-7-8-14)10-9-16(20)21/h3-6,14H,2,7-11H2,1H3,(H,17,19)(H,20,21). The van der Waals surface area contributed by atoms with Crippen LogP contribution in [0.2, 0.25) is 0 Å². The molecular weight excluding hydrogens is 268 g/mol. The quantitative estimate of drug-likeness (QED) is 0.769. The lowest BCUT2D eigenvalue weighted by molar-refractivity contribution is -0.137. The van der Waals surface area contributed by atoms with Gasteiger partial charge in [-0.3, -0.25) is 14.5 Å². The van der Waals surface area contributed by atoms with Crippen molar-refractivity contribution in [3.05, 3.63) is 29.8 Å². The third kappa shape index (κ3) is 5.19. The van der Waals surface area contributed by atoms with E-state index in [1.54, 1.807) is 0 Å². The zero-order chi connectivity index (χ0) is 15.2. The number of hydrogen-bond donors (Lipinski definition) is 2. The van der Waals surface area contributed by atoms with E-state index in [0.29, 0.717) is 12.6 Å². The average Bonchev–Trinajstić information content (AvgIpc) is 3.28. The smallest absolute Gasteiger partial charge is 0.304 e. The van der Waals surface area contributed by atoms with Gasteiger partial charge in [0, 0.05) is 18.3 Å². The molecule has 1 saturated carbocycles. The first-order chi connectivity index (χ1) is 10.1. The summed E-state index contributed by atoms with van der Waals surface area (Å²) in [5.74, 6) is -0.909. The summed E-state index contributed by atoms with van der Waals surface area (Å²) in [6.45, 7) is 2.78. The van der Waals surface area contributed by atoms with Gasteiger partial charge < -0.3 is 10.4 Å². The van der Waals surface area contributed by atoms with E-state index in [1.807, 2.05) is 29.2 Å². The molecule has 0 saturated heterocycles. The zero-order valence-corrected chi connectivity index (χ0v) is 12.3. The van der Waals surface area contributed by atoms with Crippen LogP contribution in [-0.2, 0) is 16.0 Å².